The van der Waals surface area contributed by atoms with Crippen molar-refractivity contribution in [2.75, 3.05) is 6.54 Å². The number of rotatable bonds is 4. The number of aromatic nitrogens is 1. The molecule has 1 fully saturated rings. The largest absolute Gasteiger partial charge is 0.444 e. The number of hydrogen-bond donors (Lipinski definition) is 2. The fourth-order valence-corrected chi connectivity index (χ4v) is 3.17. The Morgan fingerprint density at radius 1 is 1.29 bits per heavy atom. The van der Waals surface area contributed by atoms with Gasteiger partial charge in [-0.1, -0.05) is 12.8 Å². The first-order valence-corrected chi connectivity index (χ1v) is 8.88. The third kappa shape index (κ3) is 5.47. The molecule has 132 valence electrons. The zero-order valence-electron chi connectivity index (χ0n) is 14.3. The van der Waals surface area contributed by atoms with Crippen LogP contribution in [-0.4, -0.2) is 34.7 Å². The number of hydrogen-bond acceptors (Lipinski definition) is 4. The predicted molar refractivity (Wildman–Crippen MR) is 94.8 cm³/mol. The van der Waals surface area contributed by atoms with E-state index in [9.17, 15) is 9.59 Å². The number of carbonyl (C=O) groups excluding carboxylic acids is 2. The molecule has 1 heterocycles. The Balaban J connectivity index is 2.00. The van der Waals surface area contributed by atoms with Gasteiger partial charge >= 0.3 is 6.09 Å². The van der Waals surface area contributed by atoms with E-state index in [-0.39, 0.29) is 5.91 Å². The van der Waals surface area contributed by atoms with Gasteiger partial charge in [-0.2, -0.15) is 0 Å². The van der Waals surface area contributed by atoms with Crippen molar-refractivity contribution in [2.24, 2.45) is 0 Å². The van der Waals surface area contributed by atoms with Gasteiger partial charge < -0.3 is 15.4 Å². The van der Waals surface area contributed by atoms with Crippen molar-refractivity contribution >= 4 is 27.9 Å². The second kappa shape index (κ2) is 7.51. The summed E-state index contributed by atoms with van der Waals surface area (Å²) < 4.78 is 6.02. The zero-order valence-corrected chi connectivity index (χ0v) is 15.9. The van der Waals surface area contributed by atoms with E-state index in [1.54, 1.807) is 12.3 Å². The van der Waals surface area contributed by atoms with Crippen LogP contribution in [0.15, 0.2) is 22.9 Å². The maximum Gasteiger partial charge on any atom is 0.407 e. The Labute approximate surface area is 150 Å². The highest BCUT2D eigenvalue weighted by molar-refractivity contribution is 9.10. The van der Waals surface area contributed by atoms with Gasteiger partial charge in [0.15, 0.2) is 0 Å². The lowest BCUT2D eigenvalue weighted by atomic mass is 9.97. The van der Waals surface area contributed by atoms with E-state index in [1.807, 2.05) is 20.8 Å². The molecule has 0 aromatic carbocycles. The van der Waals surface area contributed by atoms with Crippen molar-refractivity contribution in [3.05, 3.63) is 28.5 Å². The van der Waals surface area contributed by atoms with Gasteiger partial charge in [-0.25, -0.2) is 4.79 Å². The Hall–Kier alpha value is -1.63. The molecule has 0 atom stereocenters. The molecular weight excluding hydrogens is 374 g/mol. The summed E-state index contributed by atoms with van der Waals surface area (Å²) in [5, 5.41) is 5.87. The van der Waals surface area contributed by atoms with E-state index >= 15 is 0 Å². The number of alkyl carbamates (subject to hydrolysis) is 1. The van der Waals surface area contributed by atoms with Gasteiger partial charge in [-0.3, -0.25) is 9.78 Å². The van der Waals surface area contributed by atoms with Crippen LogP contribution in [0.1, 0.15) is 56.8 Å². The summed E-state index contributed by atoms with van der Waals surface area (Å²) in [5.41, 5.74) is -0.484. The molecule has 0 bridgehead atoms. The summed E-state index contributed by atoms with van der Waals surface area (Å²) in [7, 11) is 0. The Morgan fingerprint density at radius 3 is 2.54 bits per heavy atom. The van der Waals surface area contributed by atoms with E-state index in [0.29, 0.717) is 12.1 Å². The van der Waals surface area contributed by atoms with Crippen LogP contribution in [0.2, 0.25) is 0 Å². The van der Waals surface area contributed by atoms with Gasteiger partial charge in [-0.05, 0) is 55.6 Å². The highest BCUT2D eigenvalue weighted by atomic mass is 79.9. The Bertz CT molecular complexity index is 607. The summed E-state index contributed by atoms with van der Waals surface area (Å²) >= 11 is 3.32. The van der Waals surface area contributed by atoms with Gasteiger partial charge in [0.25, 0.3) is 5.91 Å². The standard InChI is InChI=1S/C17H24BrN3O3/c1-16(2,3)24-15(23)20-11-17(6-4-5-7-17)21-14(22)12-8-13(18)10-19-9-12/h8-10H,4-7,11H2,1-3H3,(H,20,23)(H,21,22). The molecule has 2 amide bonds. The van der Waals surface area contributed by atoms with Gasteiger partial charge in [0, 0.05) is 23.4 Å². The van der Waals surface area contributed by atoms with Gasteiger partial charge in [0.1, 0.15) is 5.60 Å². The van der Waals surface area contributed by atoms with Crippen LogP contribution in [0.5, 0.6) is 0 Å². The topological polar surface area (TPSA) is 80.3 Å². The maximum absolute atomic E-state index is 12.5. The average molecular weight is 398 g/mol. The molecule has 24 heavy (non-hydrogen) atoms. The monoisotopic (exact) mass is 397 g/mol. The van der Waals surface area contributed by atoms with Crippen molar-refractivity contribution in [1.29, 1.82) is 0 Å². The minimum atomic E-state index is -0.543. The lowest BCUT2D eigenvalue weighted by molar-refractivity contribution is 0.0505. The van der Waals surface area contributed by atoms with Crippen LogP contribution in [0.25, 0.3) is 0 Å². The number of halogens is 1. The van der Waals surface area contributed by atoms with Crippen molar-refractivity contribution < 1.29 is 14.3 Å². The van der Waals surface area contributed by atoms with Crippen LogP contribution in [0.4, 0.5) is 4.79 Å². The second-order valence-electron chi connectivity index (χ2n) is 7.19. The van der Waals surface area contributed by atoms with Crippen LogP contribution >= 0.6 is 15.9 Å². The first-order valence-electron chi connectivity index (χ1n) is 8.09. The van der Waals surface area contributed by atoms with Crippen molar-refractivity contribution in [3.8, 4) is 0 Å². The first kappa shape index (κ1) is 18.7. The van der Waals surface area contributed by atoms with Gasteiger partial charge in [0.05, 0.1) is 11.1 Å². The smallest absolute Gasteiger partial charge is 0.407 e. The molecule has 1 aliphatic carbocycles. The number of nitrogens with zero attached hydrogens (tertiary/aromatic N) is 1. The zero-order chi connectivity index (χ0) is 17.8. The number of ether oxygens (including phenoxy) is 1. The SMILES string of the molecule is CC(C)(C)OC(=O)NCC1(NC(=O)c2cncc(Br)c2)CCCC1. The molecule has 1 saturated carbocycles. The molecule has 1 aromatic heterocycles. The summed E-state index contributed by atoms with van der Waals surface area (Å²) in [6, 6.07) is 1.73. The third-order valence-electron chi connectivity index (χ3n) is 3.88. The van der Waals surface area contributed by atoms with E-state index < -0.39 is 17.2 Å². The van der Waals surface area contributed by atoms with E-state index in [1.165, 1.54) is 6.20 Å². The molecule has 0 saturated heterocycles. The summed E-state index contributed by atoms with van der Waals surface area (Å²) in [6.45, 7) is 5.81. The number of nitrogens with one attached hydrogen (secondary N) is 2. The van der Waals surface area contributed by atoms with E-state index in [2.05, 4.69) is 31.5 Å². The minimum absolute atomic E-state index is 0.184. The van der Waals surface area contributed by atoms with E-state index in [0.717, 1.165) is 30.2 Å². The number of pyridine rings is 1. The van der Waals surface area contributed by atoms with Crippen LogP contribution in [0, 0.1) is 0 Å². The molecule has 1 aliphatic rings. The Kier molecular flexibility index (Phi) is 5.85. The fraction of sp³-hybridized carbons (Fsp3) is 0.588. The number of amides is 2. The van der Waals surface area contributed by atoms with Crippen molar-refractivity contribution in [2.45, 2.75) is 57.6 Å². The lowest BCUT2D eigenvalue weighted by Gasteiger charge is -2.31. The molecule has 6 nitrogen and oxygen atoms in total. The molecule has 0 aliphatic heterocycles. The molecule has 2 N–H and O–H groups in total. The summed E-state index contributed by atoms with van der Waals surface area (Å²) in [6.07, 6.45) is 6.40. The van der Waals surface area contributed by atoms with E-state index in [4.69, 9.17) is 4.74 Å². The predicted octanol–water partition coefficient (Wildman–Crippen LogP) is 3.41. The maximum atomic E-state index is 12.5. The van der Waals surface area contributed by atoms with Crippen LogP contribution < -0.4 is 10.6 Å². The molecule has 0 unspecified atom stereocenters. The lowest BCUT2D eigenvalue weighted by Crippen LogP contribution is -2.54. The van der Waals surface area contributed by atoms with Crippen LogP contribution in [0.3, 0.4) is 0 Å². The molecule has 1 aromatic rings. The fourth-order valence-electron chi connectivity index (χ4n) is 2.80. The third-order valence-corrected chi connectivity index (χ3v) is 4.31. The van der Waals surface area contributed by atoms with Crippen molar-refractivity contribution in [1.82, 2.24) is 15.6 Å². The molecule has 2 rings (SSSR count). The van der Waals surface area contributed by atoms with Crippen molar-refractivity contribution in [3.63, 3.8) is 0 Å². The molecule has 0 spiro atoms. The normalized spacial score (nSPS) is 16.5. The van der Waals surface area contributed by atoms with Crippen LogP contribution in [-0.2, 0) is 4.74 Å². The first-order chi connectivity index (χ1) is 11.2. The highest BCUT2D eigenvalue weighted by Gasteiger charge is 2.36. The highest BCUT2D eigenvalue weighted by Crippen LogP contribution is 2.29. The quantitative estimate of drug-likeness (QED) is 0.815. The molecular formula is C17H24BrN3O3. The Morgan fingerprint density at radius 2 is 1.96 bits per heavy atom. The summed E-state index contributed by atoms with van der Waals surface area (Å²) in [4.78, 5) is 28.4. The molecule has 7 heteroatoms. The number of carbonyl (C=O) groups is 2. The average Bonchev–Trinajstić information content (AvgIpc) is 2.92. The molecule has 0 radical (unpaired) electrons. The second-order valence-corrected chi connectivity index (χ2v) is 8.10. The summed E-state index contributed by atoms with van der Waals surface area (Å²) in [5.74, 6) is -0.184. The van der Waals surface area contributed by atoms with Gasteiger partial charge in [-0.15, -0.1) is 0 Å². The van der Waals surface area contributed by atoms with Gasteiger partial charge in [0.2, 0.25) is 0 Å². The minimum Gasteiger partial charge on any atom is -0.444 e.